The summed E-state index contributed by atoms with van der Waals surface area (Å²) < 4.78 is 0. The molecule has 3 aromatic carbocycles. The molecule has 0 saturated heterocycles. The number of rotatable bonds is 2. The molecule has 0 spiro atoms. The van der Waals surface area contributed by atoms with Crippen LogP contribution in [0.15, 0.2) is 36.4 Å². The van der Waals surface area contributed by atoms with Crippen molar-refractivity contribution in [3.05, 3.63) is 58.7 Å². The van der Waals surface area contributed by atoms with E-state index in [2.05, 4.69) is 0 Å². The number of fused-ring (bicyclic) bond motifs is 2. The molecule has 0 aromatic heterocycles. The van der Waals surface area contributed by atoms with Crippen molar-refractivity contribution in [2.75, 3.05) is 5.73 Å². The number of hydrogen-bond acceptors (Lipinski definition) is 8. The van der Waals surface area contributed by atoms with Crippen LogP contribution in [-0.4, -0.2) is 37.7 Å². The van der Waals surface area contributed by atoms with E-state index in [1.54, 1.807) is 0 Å². The second kappa shape index (κ2) is 6.32. The lowest BCUT2D eigenvalue weighted by atomic mass is 9.75. The van der Waals surface area contributed by atoms with Gasteiger partial charge in [-0.2, -0.15) is 0 Å². The van der Waals surface area contributed by atoms with Gasteiger partial charge in [0.25, 0.3) is 0 Å². The SMILES string of the molecule is N=C1C(=O)C(c2ccc(O)cc2)C(=O)c2cc3c(N)cc(CO)c(O)c3c(O)c21. The first-order chi connectivity index (χ1) is 13.8. The number of carbonyl (C=O) groups excluding carboxylic acids is 2. The molecule has 8 nitrogen and oxygen atoms in total. The fourth-order valence-corrected chi connectivity index (χ4v) is 3.71. The van der Waals surface area contributed by atoms with Crippen LogP contribution in [0.25, 0.3) is 10.8 Å². The number of aromatic hydroxyl groups is 3. The number of phenols is 3. The van der Waals surface area contributed by atoms with E-state index in [-0.39, 0.29) is 38.9 Å². The molecule has 0 fully saturated rings. The highest BCUT2D eigenvalue weighted by molar-refractivity contribution is 6.55. The van der Waals surface area contributed by atoms with Crippen LogP contribution in [0.5, 0.6) is 17.2 Å². The van der Waals surface area contributed by atoms with E-state index in [1.807, 2.05) is 0 Å². The van der Waals surface area contributed by atoms with Gasteiger partial charge in [0.2, 0.25) is 0 Å². The van der Waals surface area contributed by atoms with Gasteiger partial charge in [-0.3, -0.25) is 15.0 Å². The molecule has 1 atom stereocenters. The predicted octanol–water partition coefficient (Wildman–Crippen LogP) is 1.95. The van der Waals surface area contributed by atoms with E-state index in [9.17, 15) is 30.0 Å². The summed E-state index contributed by atoms with van der Waals surface area (Å²) in [6, 6.07) is 8.16. The number of phenolic OH excluding ortho intramolecular Hbond substituents is 2. The third-order valence-corrected chi connectivity index (χ3v) is 5.17. The summed E-state index contributed by atoms with van der Waals surface area (Å²) in [5.41, 5.74) is 5.52. The monoisotopic (exact) mass is 392 g/mol. The van der Waals surface area contributed by atoms with E-state index in [1.165, 1.54) is 36.4 Å². The molecular formula is C21H16N2O6. The average molecular weight is 392 g/mol. The fourth-order valence-electron chi connectivity index (χ4n) is 3.71. The van der Waals surface area contributed by atoms with Crippen molar-refractivity contribution >= 4 is 33.7 Å². The first-order valence-corrected chi connectivity index (χ1v) is 8.63. The van der Waals surface area contributed by atoms with E-state index < -0.39 is 41.3 Å². The molecule has 146 valence electrons. The number of nitrogen functional groups attached to an aromatic ring is 1. The second-order valence-corrected chi connectivity index (χ2v) is 6.83. The molecule has 1 unspecified atom stereocenters. The highest BCUT2D eigenvalue weighted by Crippen LogP contribution is 2.45. The van der Waals surface area contributed by atoms with Crippen molar-refractivity contribution in [3.63, 3.8) is 0 Å². The minimum Gasteiger partial charge on any atom is -0.508 e. The summed E-state index contributed by atoms with van der Waals surface area (Å²) >= 11 is 0. The summed E-state index contributed by atoms with van der Waals surface area (Å²) in [7, 11) is 0. The Kier molecular flexibility index (Phi) is 4.02. The molecule has 1 aliphatic carbocycles. The molecule has 29 heavy (non-hydrogen) atoms. The highest BCUT2D eigenvalue weighted by Gasteiger charge is 2.41. The minimum atomic E-state index is -1.29. The van der Waals surface area contributed by atoms with Gasteiger partial charge in [0, 0.05) is 22.2 Å². The number of Topliss-reactive ketones (excluding diaryl/α,β-unsaturated/α-hetero) is 2. The van der Waals surface area contributed by atoms with E-state index in [0.717, 1.165) is 0 Å². The lowest BCUT2D eigenvalue weighted by molar-refractivity contribution is -0.113. The smallest absolute Gasteiger partial charge is 0.196 e. The average Bonchev–Trinajstić information content (AvgIpc) is 2.70. The van der Waals surface area contributed by atoms with Gasteiger partial charge in [0.05, 0.1) is 17.6 Å². The second-order valence-electron chi connectivity index (χ2n) is 6.83. The van der Waals surface area contributed by atoms with Crippen molar-refractivity contribution < 1.29 is 30.0 Å². The largest absolute Gasteiger partial charge is 0.508 e. The quantitative estimate of drug-likeness (QED) is 0.220. The Morgan fingerprint density at radius 2 is 1.62 bits per heavy atom. The molecule has 0 saturated carbocycles. The van der Waals surface area contributed by atoms with E-state index in [0.29, 0.717) is 5.56 Å². The zero-order valence-electron chi connectivity index (χ0n) is 14.9. The summed E-state index contributed by atoms with van der Waals surface area (Å²) in [5.74, 6) is -3.83. The number of anilines is 1. The normalized spacial score (nSPS) is 16.3. The molecule has 1 aliphatic rings. The standard InChI is InChI=1S/C21H16N2O6/c22-13-5-9(7-24)18(26)16-11(13)6-12-15(20(16)28)17(23)21(29)14(19(12)27)8-1-3-10(25)4-2-8/h1-6,14,23-26,28H,7,22H2. The van der Waals surface area contributed by atoms with Gasteiger partial charge >= 0.3 is 0 Å². The lowest BCUT2D eigenvalue weighted by Crippen LogP contribution is -2.35. The number of carbonyl (C=O) groups is 2. The Balaban J connectivity index is 2.02. The Labute approximate surface area is 164 Å². The van der Waals surface area contributed by atoms with Gasteiger partial charge in [-0.05, 0) is 29.8 Å². The number of aliphatic hydroxyl groups is 1. The summed E-state index contributed by atoms with van der Waals surface area (Å²) in [4.78, 5) is 25.9. The maximum absolute atomic E-state index is 13.1. The molecule has 4 rings (SSSR count). The molecule has 0 radical (unpaired) electrons. The van der Waals surface area contributed by atoms with E-state index >= 15 is 0 Å². The third kappa shape index (κ3) is 2.54. The third-order valence-electron chi connectivity index (χ3n) is 5.17. The Morgan fingerprint density at radius 1 is 0.966 bits per heavy atom. The summed E-state index contributed by atoms with van der Waals surface area (Å²) in [6.07, 6.45) is 0. The first-order valence-electron chi connectivity index (χ1n) is 8.63. The summed E-state index contributed by atoms with van der Waals surface area (Å²) in [5, 5.41) is 48.2. The number of ketones is 2. The van der Waals surface area contributed by atoms with Crippen molar-refractivity contribution in [3.8, 4) is 17.2 Å². The lowest BCUT2D eigenvalue weighted by Gasteiger charge is -2.25. The number of nitrogens with one attached hydrogen (secondary N) is 1. The van der Waals surface area contributed by atoms with Crippen LogP contribution in [0.4, 0.5) is 5.69 Å². The van der Waals surface area contributed by atoms with E-state index in [4.69, 9.17) is 11.1 Å². The Morgan fingerprint density at radius 3 is 2.24 bits per heavy atom. The van der Waals surface area contributed by atoms with Crippen molar-refractivity contribution in [1.82, 2.24) is 0 Å². The molecule has 0 amide bonds. The maximum Gasteiger partial charge on any atom is 0.196 e. The van der Waals surface area contributed by atoms with Gasteiger partial charge in [0.15, 0.2) is 11.6 Å². The number of aliphatic hydroxyl groups excluding tert-OH is 1. The minimum absolute atomic E-state index is 0.0356. The van der Waals surface area contributed by atoms with Crippen LogP contribution >= 0.6 is 0 Å². The number of hydrogen-bond donors (Lipinski definition) is 6. The van der Waals surface area contributed by atoms with Crippen LogP contribution in [0, 0.1) is 5.41 Å². The maximum atomic E-state index is 13.1. The van der Waals surface area contributed by atoms with Crippen LogP contribution in [-0.2, 0) is 11.4 Å². The highest BCUT2D eigenvalue weighted by atomic mass is 16.3. The van der Waals surface area contributed by atoms with Gasteiger partial charge < -0.3 is 26.2 Å². The van der Waals surface area contributed by atoms with Gasteiger partial charge in [-0.1, -0.05) is 12.1 Å². The van der Waals surface area contributed by atoms with Gasteiger partial charge in [0.1, 0.15) is 28.9 Å². The van der Waals surface area contributed by atoms with Crippen molar-refractivity contribution in [2.24, 2.45) is 0 Å². The summed E-state index contributed by atoms with van der Waals surface area (Å²) in [6.45, 7) is -0.541. The number of nitrogens with two attached hydrogens (primary N) is 1. The van der Waals surface area contributed by atoms with Crippen LogP contribution in [0.3, 0.4) is 0 Å². The van der Waals surface area contributed by atoms with Crippen molar-refractivity contribution in [2.45, 2.75) is 12.5 Å². The van der Waals surface area contributed by atoms with Crippen LogP contribution < -0.4 is 5.73 Å². The van der Waals surface area contributed by atoms with Crippen LogP contribution in [0.1, 0.15) is 33.0 Å². The molecule has 0 aliphatic heterocycles. The van der Waals surface area contributed by atoms with Crippen LogP contribution in [0.2, 0.25) is 0 Å². The van der Waals surface area contributed by atoms with Crippen molar-refractivity contribution in [1.29, 1.82) is 5.41 Å². The topological polar surface area (TPSA) is 165 Å². The molecule has 8 heteroatoms. The zero-order chi connectivity index (χ0) is 21.0. The number of benzene rings is 3. The fraction of sp³-hybridized carbons (Fsp3) is 0.0952. The molecular weight excluding hydrogens is 376 g/mol. The molecule has 3 aromatic rings. The predicted molar refractivity (Wildman–Crippen MR) is 105 cm³/mol. The molecule has 0 heterocycles. The molecule has 7 N–H and O–H groups in total. The zero-order valence-corrected chi connectivity index (χ0v) is 14.9. The molecule has 0 bridgehead atoms. The Bertz CT molecular complexity index is 1230. The Hall–Kier alpha value is -3.91. The van der Waals surface area contributed by atoms with Gasteiger partial charge in [-0.25, -0.2) is 0 Å². The first kappa shape index (κ1) is 18.5. The van der Waals surface area contributed by atoms with Gasteiger partial charge in [-0.15, -0.1) is 0 Å².